The first-order valence-electron chi connectivity index (χ1n) is 7.07. The number of aromatic nitrogens is 1. The lowest BCUT2D eigenvalue weighted by Crippen LogP contribution is -2.38. The number of anilines is 1. The van der Waals surface area contributed by atoms with Gasteiger partial charge in [0.05, 0.1) is 5.56 Å². The standard InChI is InChI=1S/C15H20ClF3N2/c1-14(2,3)10-4-6-21(7-5-10)13-9-11(15(17,18)19)8-12(16)20-13/h8-10H,4-7H2,1-3H3. The summed E-state index contributed by atoms with van der Waals surface area (Å²) in [7, 11) is 0. The van der Waals surface area contributed by atoms with E-state index in [9.17, 15) is 13.2 Å². The van der Waals surface area contributed by atoms with Crippen LogP contribution < -0.4 is 4.90 Å². The van der Waals surface area contributed by atoms with E-state index in [2.05, 4.69) is 25.8 Å². The van der Waals surface area contributed by atoms with E-state index in [1.165, 1.54) is 0 Å². The molecule has 0 aliphatic carbocycles. The highest BCUT2D eigenvalue weighted by atomic mass is 35.5. The van der Waals surface area contributed by atoms with E-state index in [1.807, 2.05) is 4.90 Å². The number of hydrogen-bond donors (Lipinski definition) is 0. The molecule has 0 saturated carbocycles. The minimum Gasteiger partial charge on any atom is -0.357 e. The van der Waals surface area contributed by atoms with Crippen LogP contribution in [0.4, 0.5) is 19.0 Å². The summed E-state index contributed by atoms with van der Waals surface area (Å²) >= 11 is 5.74. The molecule has 1 fully saturated rings. The van der Waals surface area contributed by atoms with Gasteiger partial charge in [0.2, 0.25) is 0 Å². The van der Waals surface area contributed by atoms with Crippen molar-refractivity contribution >= 4 is 17.4 Å². The Balaban J connectivity index is 2.16. The van der Waals surface area contributed by atoms with Crippen molar-refractivity contribution in [3.05, 3.63) is 22.8 Å². The molecule has 118 valence electrons. The Morgan fingerprint density at radius 1 is 1.14 bits per heavy atom. The fourth-order valence-corrected chi connectivity index (χ4v) is 2.99. The van der Waals surface area contributed by atoms with Gasteiger partial charge in [-0.1, -0.05) is 32.4 Å². The Bertz CT molecular complexity index is 501. The molecular formula is C15H20ClF3N2. The van der Waals surface area contributed by atoms with Gasteiger partial charge in [0.15, 0.2) is 0 Å². The van der Waals surface area contributed by atoms with E-state index in [4.69, 9.17) is 11.6 Å². The predicted molar refractivity (Wildman–Crippen MR) is 78.6 cm³/mol. The number of pyridine rings is 1. The van der Waals surface area contributed by atoms with E-state index in [1.54, 1.807) is 0 Å². The van der Waals surface area contributed by atoms with Gasteiger partial charge in [-0.15, -0.1) is 0 Å². The topological polar surface area (TPSA) is 16.1 Å². The Labute approximate surface area is 128 Å². The number of hydrogen-bond acceptors (Lipinski definition) is 2. The second-order valence-corrected chi connectivity index (χ2v) is 7.05. The molecule has 1 saturated heterocycles. The third kappa shape index (κ3) is 4.02. The van der Waals surface area contributed by atoms with E-state index >= 15 is 0 Å². The van der Waals surface area contributed by atoms with E-state index in [0.29, 0.717) is 24.8 Å². The molecule has 0 unspecified atom stereocenters. The average Bonchev–Trinajstić information content (AvgIpc) is 2.36. The lowest BCUT2D eigenvalue weighted by Gasteiger charge is -2.39. The van der Waals surface area contributed by atoms with Crippen LogP contribution in [0.1, 0.15) is 39.2 Å². The van der Waals surface area contributed by atoms with Gasteiger partial charge in [0, 0.05) is 13.1 Å². The second-order valence-electron chi connectivity index (χ2n) is 6.66. The van der Waals surface area contributed by atoms with Crippen molar-refractivity contribution in [2.45, 2.75) is 39.8 Å². The molecule has 21 heavy (non-hydrogen) atoms. The minimum atomic E-state index is -4.40. The van der Waals surface area contributed by atoms with Gasteiger partial charge >= 0.3 is 6.18 Å². The molecule has 0 N–H and O–H groups in total. The van der Waals surface area contributed by atoms with Gasteiger partial charge < -0.3 is 4.90 Å². The SMILES string of the molecule is CC(C)(C)C1CCN(c2cc(C(F)(F)F)cc(Cl)n2)CC1. The zero-order valence-electron chi connectivity index (χ0n) is 12.5. The zero-order chi connectivity index (χ0) is 15.8. The largest absolute Gasteiger partial charge is 0.416 e. The molecule has 0 amide bonds. The average molecular weight is 321 g/mol. The molecule has 0 spiro atoms. The number of halogens is 4. The Hall–Kier alpha value is -0.970. The van der Waals surface area contributed by atoms with Crippen LogP contribution in [0.3, 0.4) is 0 Å². The molecule has 0 atom stereocenters. The maximum atomic E-state index is 12.8. The van der Waals surface area contributed by atoms with Gasteiger partial charge in [-0.05, 0) is 36.3 Å². The van der Waals surface area contributed by atoms with Crippen molar-refractivity contribution in [3.8, 4) is 0 Å². The Morgan fingerprint density at radius 2 is 1.71 bits per heavy atom. The molecule has 1 aromatic heterocycles. The third-order valence-electron chi connectivity index (χ3n) is 4.15. The van der Waals surface area contributed by atoms with Crippen molar-refractivity contribution in [2.24, 2.45) is 11.3 Å². The zero-order valence-corrected chi connectivity index (χ0v) is 13.2. The van der Waals surface area contributed by atoms with Crippen LogP contribution in [0.5, 0.6) is 0 Å². The summed E-state index contributed by atoms with van der Waals surface area (Å²) in [6.45, 7) is 8.03. The number of piperidine rings is 1. The van der Waals surface area contributed by atoms with Crippen molar-refractivity contribution in [3.63, 3.8) is 0 Å². The summed E-state index contributed by atoms with van der Waals surface area (Å²) in [4.78, 5) is 5.94. The van der Waals surface area contributed by atoms with Gasteiger partial charge in [0.1, 0.15) is 11.0 Å². The lowest BCUT2D eigenvalue weighted by atomic mass is 9.75. The Morgan fingerprint density at radius 3 is 2.19 bits per heavy atom. The van der Waals surface area contributed by atoms with E-state index in [0.717, 1.165) is 25.0 Å². The quantitative estimate of drug-likeness (QED) is 0.676. The number of nitrogens with zero attached hydrogens (tertiary/aromatic N) is 2. The summed E-state index contributed by atoms with van der Waals surface area (Å²) in [6.07, 6.45) is -2.48. The summed E-state index contributed by atoms with van der Waals surface area (Å²) in [5.41, 5.74) is -0.513. The number of alkyl halides is 3. The van der Waals surface area contributed by atoms with Gasteiger partial charge in [-0.2, -0.15) is 13.2 Å². The van der Waals surface area contributed by atoms with Crippen LogP contribution in [-0.2, 0) is 6.18 Å². The molecule has 1 aliphatic heterocycles. The first-order valence-corrected chi connectivity index (χ1v) is 7.45. The molecule has 0 radical (unpaired) electrons. The normalized spacial score (nSPS) is 18.1. The predicted octanol–water partition coefficient (Wildman–Crippen LogP) is 5.02. The minimum absolute atomic E-state index is 0.113. The first kappa shape index (κ1) is 16.4. The maximum Gasteiger partial charge on any atom is 0.416 e. The molecule has 2 heterocycles. The molecule has 1 aliphatic rings. The molecule has 0 bridgehead atoms. The summed E-state index contributed by atoms with van der Waals surface area (Å²) < 4.78 is 38.5. The second kappa shape index (κ2) is 5.67. The lowest BCUT2D eigenvalue weighted by molar-refractivity contribution is -0.137. The highest BCUT2D eigenvalue weighted by Crippen LogP contribution is 2.37. The van der Waals surface area contributed by atoms with Crippen LogP contribution in [0, 0.1) is 11.3 Å². The molecule has 0 aromatic carbocycles. The van der Waals surface area contributed by atoms with Crippen molar-refractivity contribution in [2.75, 3.05) is 18.0 Å². The fourth-order valence-electron chi connectivity index (χ4n) is 2.78. The smallest absolute Gasteiger partial charge is 0.357 e. The summed E-state index contributed by atoms with van der Waals surface area (Å²) in [6, 6.07) is 1.95. The maximum absolute atomic E-state index is 12.8. The van der Waals surface area contributed by atoms with Crippen LogP contribution in [-0.4, -0.2) is 18.1 Å². The van der Waals surface area contributed by atoms with Gasteiger partial charge in [-0.25, -0.2) is 4.98 Å². The van der Waals surface area contributed by atoms with E-state index in [-0.39, 0.29) is 10.6 Å². The van der Waals surface area contributed by atoms with Crippen molar-refractivity contribution in [1.82, 2.24) is 4.98 Å². The van der Waals surface area contributed by atoms with Gasteiger partial charge in [-0.3, -0.25) is 0 Å². The molecule has 1 aromatic rings. The van der Waals surface area contributed by atoms with E-state index < -0.39 is 11.7 Å². The summed E-state index contributed by atoms with van der Waals surface area (Å²) in [5.74, 6) is 0.900. The Kier molecular flexibility index (Phi) is 4.43. The summed E-state index contributed by atoms with van der Waals surface area (Å²) in [5, 5.41) is -0.113. The molecule has 6 heteroatoms. The van der Waals surface area contributed by atoms with Crippen molar-refractivity contribution < 1.29 is 13.2 Å². The molecular weight excluding hydrogens is 301 g/mol. The highest BCUT2D eigenvalue weighted by molar-refractivity contribution is 6.29. The van der Waals surface area contributed by atoms with Gasteiger partial charge in [0.25, 0.3) is 0 Å². The van der Waals surface area contributed by atoms with Crippen LogP contribution in [0.25, 0.3) is 0 Å². The monoisotopic (exact) mass is 320 g/mol. The first-order chi connectivity index (χ1) is 9.57. The van der Waals surface area contributed by atoms with Crippen molar-refractivity contribution in [1.29, 1.82) is 0 Å². The number of rotatable bonds is 1. The fraction of sp³-hybridized carbons (Fsp3) is 0.667. The van der Waals surface area contributed by atoms with Crippen LogP contribution >= 0.6 is 11.6 Å². The molecule has 2 rings (SSSR count). The third-order valence-corrected chi connectivity index (χ3v) is 4.35. The van der Waals surface area contributed by atoms with Crippen LogP contribution in [0.15, 0.2) is 12.1 Å². The highest BCUT2D eigenvalue weighted by Gasteiger charge is 2.33. The molecule has 2 nitrogen and oxygen atoms in total. The van der Waals surface area contributed by atoms with Crippen LogP contribution in [0.2, 0.25) is 5.15 Å².